The van der Waals surface area contributed by atoms with E-state index in [2.05, 4.69) is 17.6 Å². The lowest BCUT2D eigenvalue weighted by molar-refractivity contribution is -0.126. The monoisotopic (exact) mass is 248 g/mol. The van der Waals surface area contributed by atoms with Gasteiger partial charge in [-0.05, 0) is 24.1 Å². The maximum atomic E-state index is 11.6. The van der Waals surface area contributed by atoms with E-state index < -0.39 is 0 Å². The van der Waals surface area contributed by atoms with Crippen LogP contribution in [0, 0.1) is 5.92 Å². The van der Waals surface area contributed by atoms with Gasteiger partial charge in [0.25, 0.3) is 0 Å². The standard InChI is InChI=1S/C14H20N2O2/c1-2-7-18-13-5-3-11(4-6-13)8-16-14(17)12-9-15-10-12/h3-6,12,15H,2,7-10H2,1H3,(H,16,17). The van der Waals surface area contributed by atoms with Gasteiger partial charge in [0.15, 0.2) is 0 Å². The highest BCUT2D eigenvalue weighted by Crippen LogP contribution is 2.12. The van der Waals surface area contributed by atoms with Crippen molar-refractivity contribution in [2.45, 2.75) is 19.9 Å². The van der Waals surface area contributed by atoms with Crippen molar-refractivity contribution in [3.63, 3.8) is 0 Å². The van der Waals surface area contributed by atoms with E-state index in [9.17, 15) is 4.79 Å². The summed E-state index contributed by atoms with van der Waals surface area (Å²) < 4.78 is 5.50. The fourth-order valence-electron chi connectivity index (χ4n) is 1.73. The molecule has 98 valence electrons. The van der Waals surface area contributed by atoms with E-state index in [0.717, 1.165) is 37.4 Å². The molecule has 0 saturated carbocycles. The van der Waals surface area contributed by atoms with Gasteiger partial charge in [-0.1, -0.05) is 19.1 Å². The largest absolute Gasteiger partial charge is 0.494 e. The van der Waals surface area contributed by atoms with Crippen LogP contribution in [0.3, 0.4) is 0 Å². The number of hydrogen-bond acceptors (Lipinski definition) is 3. The number of benzene rings is 1. The van der Waals surface area contributed by atoms with Gasteiger partial charge in [0.1, 0.15) is 5.75 Å². The molecule has 1 amide bonds. The van der Waals surface area contributed by atoms with E-state index in [4.69, 9.17) is 4.74 Å². The SMILES string of the molecule is CCCOc1ccc(CNC(=O)C2CNC2)cc1. The molecule has 1 aromatic rings. The van der Waals surface area contributed by atoms with Gasteiger partial charge in [-0.3, -0.25) is 4.79 Å². The Morgan fingerprint density at radius 1 is 1.39 bits per heavy atom. The van der Waals surface area contributed by atoms with Crippen molar-refractivity contribution in [3.05, 3.63) is 29.8 Å². The lowest BCUT2D eigenvalue weighted by Crippen LogP contribution is -2.50. The minimum Gasteiger partial charge on any atom is -0.494 e. The molecule has 4 heteroatoms. The highest BCUT2D eigenvalue weighted by Gasteiger charge is 2.24. The fraction of sp³-hybridized carbons (Fsp3) is 0.500. The number of amides is 1. The molecule has 0 atom stereocenters. The summed E-state index contributed by atoms with van der Waals surface area (Å²) >= 11 is 0. The molecule has 0 unspecified atom stereocenters. The Morgan fingerprint density at radius 2 is 2.11 bits per heavy atom. The van der Waals surface area contributed by atoms with Gasteiger partial charge in [-0.2, -0.15) is 0 Å². The minimum atomic E-state index is 0.139. The zero-order valence-electron chi connectivity index (χ0n) is 10.7. The number of nitrogens with one attached hydrogen (secondary N) is 2. The van der Waals surface area contributed by atoms with Crippen LogP contribution in [0.2, 0.25) is 0 Å². The molecule has 0 aromatic heterocycles. The van der Waals surface area contributed by atoms with Crippen molar-refractivity contribution in [2.24, 2.45) is 5.92 Å². The van der Waals surface area contributed by atoms with E-state index in [1.54, 1.807) is 0 Å². The summed E-state index contributed by atoms with van der Waals surface area (Å²) in [5.41, 5.74) is 1.10. The molecule has 1 aliphatic heterocycles. The number of hydrogen-bond donors (Lipinski definition) is 2. The molecule has 4 nitrogen and oxygen atoms in total. The fourth-order valence-corrected chi connectivity index (χ4v) is 1.73. The zero-order valence-corrected chi connectivity index (χ0v) is 10.7. The Balaban J connectivity index is 1.76. The van der Waals surface area contributed by atoms with Gasteiger partial charge in [0.2, 0.25) is 5.91 Å². The Labute approximate surface area is 108 Å². The second kappa shape index (κ2) is 6.40. The van der Waals surface area contributed by atoms with E-state index in [-0.39, 0.29) is 11.8 Å². The zero-order chi connectivity index (χ0) is 12.8. The summed E-state index contributed by atoms with van der Waals surface area (Å²) in [6, 6.07) is 7.87. The van der Waals surface area contributed by atoms with Crippen LogP contribution < -0.4 is 15.4 Å². The quantitative estimate of drug-likeness (QED) is 0.798. The van der Waals surface area contributed by atoms with Crippen molar-refractivity contribution >= 4 is 5.91 Å². The summed E-state index contributed by atoms with van der Waals surface area (Å²) in [7, 11) is 0. The highest BCUT2D eigenvalue weighted by molar-refractivity contribution is 5.79. The summed E-state index contributed by atoms with van der Waals surface area (Å²) in [5, 5.41) is 6.03. The third-order valence-electron chi connectivity index (χ3n) is 3.02. The van der Waals surface area contributed by atoms with Crippen LogP contribution in [-0.2, 0) is 11.3 Å². The molecule has 0 aliphatic carbocycles. The van der Waals surface area contributed by atoms with Gasteiger partial charge in [-0.15, -0.1) is 0 Å². The molecular weight excluding hydrogens is 228 g/mol. The maximum Gasteiger partial charge on any atom is 0.225 e. The summed E-state index contributed by atoms with van der Waals surface area (Å²) in [6.45, 7) is 5.01. The Kier molecular flexibility index (Phi) is 4.59. The molecule has 2 N–H and O–H groups in total. The van der Waals surface area contributed by atoms with Gasteiger partial charge in [0.05, 0.1) is 12.5 Å². The van der Waals surface area contributed by atoms with Gasteiger partial charge >= 0.3 is 0 Å². The van der Waals surface area contributed by atoms with Crippen molar-refractivity contribution in [3.8, 4) is 5.75 Å². The van der Waals surface area contributed by atoms with Crippen LogP contribution >= 0.6 is 0 Å². The van der Waals surface area contributed by atoms with E-state index in [1.165, 1.54) is 0 Å². The van der Waals surface area contributed by atoms with Crippen molar-refractivity contribution in [2.75, 3.05) is 19.7 Å². The van der Waals surface area contributed by atoms with Gasteiger partial charge < -0.3 is 15.4 Å². The van der Waals surface area contributed by atoms with Crippen molar-refractivity contribution < 1.29 is 9.53 Å². The summed E-state index contributed by atoms with van der Waals surface area (Å²) in [5.74, 6) is 1.17. The Hall–Kier alpha value is -1.55. The minimum absolute atomic E-state index is 0.139. The van der Waals surface area contributed by atoms with Crippen molar-refractivity contribution in [1.82, 2.24) is 10.6 Å². The number of rotatable bonds is 6. The van der Waals surface area contributed by atoms with Crippen LogP contribution in [0.25, 0.3) is 0 Å². The van der Waals surface area contributed by atoms with E-state index in [0.29, 0.717) is 6.54 Å². The van der Waals surface area contributed by atoms with Gasteiger partial charge in [-0.25, -0.2) is 0 Å². The molecule has 1 fully saturated rings. The van der Waals surface area contributed by atoms with E-state index in [1.807, 2.05) is 24.3 Å². The first kappa shape index (κ1) is 12.9. The van der Waals surface area contributed by atoms with Crippen LogP contribution in [-0.4, -0.2) is 25.6 Å². The number of carbonyl (C=O) groups is 1. The first-order valence-electron chi connectivity index (χ1n) is 6.49. The topological polar surface area (TPSA) is 50.4 Å². The molecule has 1 heterocycles. The molecule has 18 heavy (non-hydrogen) atoms. The molecule has 0 spiro atoms. The highest BCUT2D eigenvalue weighted by atomic mass is 16.5. The first-order valence-corrected chi connectivity index (χ1v) is 6.49. The normalized spacial score (nSPS) is 14.9. The van der Waals surface area contributed by atoms with Crippen LogP contribution in [0.1, 0.15) is 18.9 Å². The van der Waals surface area contributed by atoms with Crippen LogP contribution in [0.5, 0.6) is 5.75 Å². The summed E-state index contributed by atoms with van der Waals surface area (Å²) in [6.07, 6.45) is 1.01. The van der Waals surface area contributed by atoms with Gasteiger partial charge in [0, 0.05) is 19.6 Å². The average molecular weight is 248 g/mol. The van der Waals surface area contributed by atoms with Crippen LogP contribution in [0.4, 0.5) is 0 Å². The van der Waals surface area contributed by atoms with E-state index >= 15 is 0 Å². The molecule has 0 radical (unpaired) electrons. The second-order valence-electron chi connectivity index (χ2n) is 4.57. The first-order chi connectivity index (χ1) is 8.79. The second-order valence-corrected chi connectivity index (χ2v) is 4.57. The molecule has 2 rings (SSSR count). The van der Waals surface area contributed by atoms with Crippen LogP contribution in [0.15, 0.2) is 24.3 Å². The Bertz CT molecular complexity index is 385. The summed E-state index contributed by atoms with van der Waals surface area (Å²) in [4.78, 5) is 11.6. The number of carbonyl (C=O) groups excluding carboxylic acids is 1. The molecular formula is C14H20N2O2. The molecule has 1 aliphatic rings. The van der Waals surface area contributed by atoms with Crippen molar-refractivity contribution in [1.29, 1.82) is 0 Å². The lowest BCUT2D eigenvalue weighted by Gasteiger charge is -2.25. The molecule has 1 aromatic carbocycles. The predicted octanol–water partition coefficient (Wildman–Crippen LogP) is 1.31. The Morgan fingerprint density at radius 3 is 2.67 bits per heavy atom. The molecule has 0 bridgehead atoms. The smallest absolute Gasteiger partial charge is 0.225 e. The number of ether oxygens (including phenoxy) is 1. The maximum absolute atomic E-state index is 11.6. The third-order valence-corrected chi connectivity index (χ3v) is 3.02. The lowest BCUT2D eigenvalue weighted by atomic mass is 10.0. The average Bonchev–Trinajstić information content (AvgIpc) is 2.33. The predicted molar refractivity (Wildman–Crippen MR) is 70.4 cm³/mol. The third kappa shape index (κ3) is 3.47. The molecule has 1 saturated heterocycles.